The lowest BCUT2D eigenvalue weighted by atomic mass is 10.0. The first-order valence-electron chi connectivity index (χ1n) is 7.28. The van der Waals surface area contributed by atoms with Crippen LogP contribution in [0.15, 0.2) is 48.7 Å². The molecule has 0 bridgehead atoms. The van der Waals surface area contributed by atoms with Gasteiger partial charge in [0.25, 0.3) is 5.91 Å². The van der Waals surface area contributed by atoms with Gasteiger partial charge in [-0.1, -0.05) is 30.3 Å². The smallest absolute Gasteiger partial charge is 0.256 e. The summed E-state index contributed by atoms with van der Waals surface area (Å²) >= 11 is 6.00. The topological polar surface area (TPSA) is 38.3 Å². The Morgan fingerprint density at radius 2 is 2.00 bits per heavy atom. The summed E-state index contributed by atoms with van der Waals surface area (Å²) in [6.45, 7) is 7.85. The molecule has 0 heterocycles. The van der Waals surface area contributed by atoms with E-state index in [9.17, 15) is 9.18 Å². The minimum absolute atomic E-state index is 0.164. The van der Waals surface area contributed by atoms with Crippen LogP contribution in [0.3, 0.4) is 0 Å². The van der Waals surface area contributed by atoms with E-state index in [1.54, 1.807) is 30.3 Å². The zero-order valence-electron chi connectivity index (χ0n) is 13.4. The Hall–Kier alpha value is -2.17. The number of carbonyl (C=O) groups is 1. The van der Waals surface area contributed by atoms with Gasteiger partial charge in [-0.05, 0) is 42.3 Å². The molecule has 0 fully saturated rings. The van der Waals surface area contributed by atoms with Crippen molar-refractivity contribution in [2.45, 2.75) is 13.0 Å². The molecule has 5 heteroatoms. The van der Waals surface area contributed by atoms with Crippen molar-refractivity contribution in [3.8, 4) is 0 Å². The molecule has 0 atom stereocenters. The van der Waals surface area contributed by atoms with E-state index < -0.39 is 0 Å². The monoisotopic (exact) mass is 346 g/mol. The highest BCUT2D eigenvalue weighted by Crippen LogP contribution is 2.19. The van der Waals surface area contributed by atoms with Gasteiger partial charge in [0.05, 0.1) is 17.2 Å². The molecule has 0 saturated heterocycles. The first-order chi connectivity index (χ1) is 11.4. The Morgan fingerprint density at radius 1 is 1.29 bits per heavy atom. The van der Waals surface area contributed by atoms with E-state index in [2.05, 4.69) is 18.8 Å². The van der Waals surface area contributed by atoms with E-state index in [0.717, 1.165) is 5.56 Å². The molecule has 0 saturated carbocycles. The average Bonchev–Trinajstić information content (AvgIpc) is 2.52. The maximum absolute atomic E-state index is 13.8. The molecule has 0 aliphatic rings. The van der Waals surface area contributed by atoms with Gasteiger partial charge in [-0.3, -0.25) is 4.79 Å². The molecule has 1 N–H and O–H groups in total. The maximum Gasteiger partial charge on any atom is 0.256 e. The summed E-state index contributed by atoms with van der Waals surface area (Å²) in [5.41, 5.74) is 2.59. The van der Waals surface area contributed by atoms with Crippen LogP contribution in [-0.4, -0.2) is 13.0 Å². The second-order valence-electron chi connectivity index (χ2n) is 5.36. The molecule has 1 radical (unpaired) electrons. The van der Waals surface area contributed by atoms with Crippen molar-refractivity contribution >= 4 is 17.5 Å². The first-order valence-corrected chi connectivity index (χ1v) is 7.66. The number of benzene rings is 2. The Morgan fingerprint density at radius 3 is 2.67 bits per heavy atom. The molecule has 2 aromatic carbocycles. The average molecular weight is 347 g/mol. The van der Waals surface area contributed by atoms with Gasteiger partial charge >= 0.3 is 0 Å². The number of carbonyl (C=O) groups excluding carboxylic acids is 1. The number of nitrogens with one attached hydrogen (secondary N) is 1. The summed E-state index contributed by atoms with van der Waals surface area (Å²) in [7, 11) is 1.50. The van der Waals surface area contributed by atoms with Crippen molar-refractivity contribution in [1.82, 2.24) is 5.32 Å². The van der Waals surface area contributed by atoms with Crippen molar-refractivity contribution in [2.24, 2.45) is 0 Å². The maximum atomic E-state index is 13.8. The van der Waals surface area contributed by atoms with Crippen LogP contribution in [0.2, 0.25) is 5.02 Å². The van der Waals surface area contributed by atoms with Crippen molar-refractivity contribution in [2.75, 3.05) is 7.11 Å². The zero-order valence-corrected chi connectivity index (χ0v) is 14.1. The second kappa shape index (κ2) is 8.08. The van der Waals surface area contributed by atoms with E-state index in [1.807, 2.05) is 0 Å². The molecular formula is C19H18ClFNO2. The molecule has 125 valence electrons. The van der Waals surface area contributed by atoms with Crippen molar-refractivity contribution < 1.29 is 13.9 Å². The predicted octanol–water partition coefficient (Wildman–Crippen LogP) is 4.29. The summed E-state index contributed by atoms with van der Waals surface area (Å²) in [6, 6.07) is 9.78. The molecule has 1 amide bonds. The van der Waals surface area contributed by atoms with Crippen LogP contribution >= 0.6 is 11.6 Å². The normalized spacial score (nSPS) is 10.5. The Labute approximate surface area is 146 Å². The molecule has 2 aromatic rings. The van der Waals surface area contributed by atoms with Crippen molar-refractivity contribution in [3.05, 3.63) is 88.7 Å². The van der Waals surface area contributed by atoms with E-state index >= 15 is 0 Å². The minimum atomic E-state index is -0.365. The van der Waals surface area contributed by atoms with Gasteiger partial charge in [0, 0.05) is 24.8 Å². The van der Waals surface area contributed by atoms with E-state index in [1.165, 1.54) is 13.2 Å². The number of ether oxygens (including phenoxy) is 1. The van der Waals surface area contributed by atoms with Crippen LogP contribution < -0.4 is 5.32 Å². The van der Waals surface area contributed by atoms with Crippen molar-refractivity contribution in [3.63, 3.8) is 0 Å². The SMILES string of the molecule is [CH2]c1cc(F)c(COC)cc1CC(=C)NC(=O)c1ccccc1Cl. The van der Waals surface area contributed by atoms with Gasteiger partial charge in [0.1, 0.15) is 5.82 Å². The Balaban J connectivity index is 2.11. The van der Waals surface area contributed by atoms with Crippen LogP contribution in [0.5, 0.6) is 0 Å². The molecular weight excluding hydrogens is 329 g/mol. The number of halogens is 2. The third kappa shape index (κ3) is 4.43. The molecule has 2 rings (SSSR count). The first kappa shape index (κ1) is 18.2. The molecule has 0 aliphatic heterocycles. The summed E-state index contributed by atoms with van der Waals surface area (Å²) in [5, 5.41) is 3.07. The summed E-state index contributed by atoms with van der Waals surface area (Å²) < 4.78 is 18.8. The van der Waals surface area contributed by atoms with Crippen LogP contribution in [-0.2, 0) is 17.8 Å². The van der Waals surface area contributed by atoms with Gasteiger partial charge in [-0.15, -0.1) is 0 Å². The van der Waals surface area contributed by atoms with Crippen LogP contribution in [0, 0.1) is 12.7 Å². The van der Waals surface area contributed by atoms with Gasteiger partial charge in [-0.25, -0.2) is 4.39 Å². The largest absolute Gasteiger partial charge is 0.380 e. The van der Waals surface area contributed by atoms with Gasteiger partial charge < -0.3 is 10.1 Å². The number of amides is 1. The summed E-state index contributed by atoms with van der Waals surface area (Å²) in [4.78, 5) is 12.2. The molecule has 0 aromatic heterocycles. The highest BCUT2D eigenvalue weighted by atomic mass is 35.5. The molecule has 0 spiro atoms. The molecule has 0 aliphatic carbocycles. The Bertz CT molecular complexity index is 774. The number of allylic oxidation sites excluding steroid dienone is 1. The minimum Gasteiger partial charge on any atom is -0.380 e. The fourth-order valence-corrected chi connectivity index (χ4v) is 2.51. The standard InChI is InChI=1S/C19H18ClFNO2/c1-12-8-18(21)15(11-24-3)10-14(12)9-13(2)22-19(23)16-6-4-5-7-17(16)20/h4-8,10H,1-2,9,11H2,3H3,(H,22,23). The lowest BCUT2D eigenvalue weighted by molar-refractivity contribution is 0.0965. The van der Waals surface area contributed by atoms with Crippen LogP contribution in [0.1, 0.15) is 27.0 Å². The third-order valence-electron chi connectivity index (χ3n) is 3.48. The number of methoxy groups -OCH3 is 1. The van der Waals surface area contributed by atoms with E-state index in [-0.39, 0.29) is 18.3 Å². The molecule has 3 nitrogen and oxygen atoms in total. The fraction of sp³-hybridized carbons (Fsp3) is 0.158. The number of hydrogen-bond acceptors (Lipinski definition) is 2. The van der Waals surface area contributed by atoms with Crippen LogP contribution in [0.25, 0.3) is 0 Å². The fourth-order valence-electron chi connectivity index (χ4n) is 2.29. The third-order valence-corrected chi connectivity index (χ3v) is 3.81. The highest BCUT2D eigenvalue weighted by Gasteiger charge is 2.13. The van der Waals surface area contributed by atoms with Gasteiger partial charge in [0.2, 0.25) is 0 Å². The van der Waals surface area contributed by atoms with Gasteiger partial charge in [0.15, 0.2) is 0 Å². The number of rotatable bonds is 6. The van der Waals surface area contributed by atoms with E-state index in [4.69, 9.17) is 16.3 Å². The van der Waals surface area contributed by atoms with Gasteiger partial charge in [-0.2, -0.15) is 0 Å². The quantitative estimate of drug-likeness (QED) is 0.847. The van der Waals surface area contributed by atoms with E-state index in [0.29, 0.717) is 33.8 Å². The zero-order chi connectivity index (χ0) is 17.7. The van der Waals surface area contributed by atoms with Crippen molar-refractivity contribution in [1.29, 1.82) is 0 Å². The summed E-state index contributed by atoms with van der Waals surface area (Å²) in [6.07, 6.45) is 0.339. The summed E-state index contributed by atoms with van der Waals surface area (Å²) in [5.74, 6) is -0.702. The molecule has 24 heavy (non-hydrogen) atoms. The molecule has 0 unspecified atom stereocenters. The highest BCUT2D eigenvalue weighted by molar-refractivity contribution is 6.33. The lowest BCUT2D eigenvalue weighted by Crippen LogP contribution is -2.23. The predicted molar refractivity (Wildman–Crippen MR) is 93.3 cm³/mol. The number of hydrogen-bond donors (Lipinski definition) is 1. The Kier molecular flexibility index (Phi) is 6.12. The lowest BCUT2D eigenvalue weighted by Gasteiger charge is -2.13. The second-order valence-corrected chi connectivity index (χ2v) is 5.77. The van der Waals surface area contributed by atoms with Crippen LogP contribution in [0.4, 0.5) is 4.39 Å².